The molecule has 1 aliphatic carbocycles. The van der Waals surface area contributed by atoms with Crippen LogP contribution in [0.25, 0.3) is 0 Å². The number of hydrogen-bond donors (Lipinski definition) is 0. The Hall–Kier alpha value is -0.980. The maximum absolute atomic E-state index is 5.17. The zero-order chi connectivity index (χ0) is 10.7. The lowest BCUT2D eigenvalue weighted by Gasteiger charge is -2.26. The van der Waals surface area contributed by atoms with Crippen LogP contribution in [-0.4, -0.2) is 7.11 Å². The molecule has 0 amide bonds. The molecule has 1 saturated carbocycles. The van der Waals surface area contributed by atoms with E-state index >= 15 is 0 Å². The summed E-state index contributed by atoms with van der Waals surface area (Å²) in [6.45, 7) is 2.37. The standard InChI is InChI=1S/C14H20O.CH4/c1-11-3-5-12(6-4-11)13-7-9-14(15-2)10-8-13;/h7-12H,3-6H2,1-2H3;1H4. The molecule has 0 aromatic heterocycles. The van der Waals surface area contributed by atoms with Crippen LogP contribution in [0.1, 0.15) is 51.5 Å². The smallest absolute Gasteiger partial charge is 0.118 e. The molecule has 1 aliphatic rings. The van der Waals surface area contributed by atoms with Gasteiger partial charge in [-0.1, -0.05) is 39.3 Å². The predicted molar refractivity (Wildman–Crippen MR) is 70.1 cm³/mol. The van der Waals surface area contributed by atoms with Crippen molar-refractivity contribution in [1.82, 2.24) is 0 Å². The zero-order valence-corrected chi connectivity index (χ0v) is 9.70. The van der Waals surface area contributed by atoms with Crippen LogP contribution < -0.4 is 4.74 Å². The average Bonchev–Trinajstić information content (AvgIpc) is 2.30. The molecule has 2 rings (SSSR count). The van der Waals surface area contributed by atoms with E-state index in [4.69, 9.17) is 4.74 Å². The minimum Gasteiger partial charge on any atom is -0.497 e. The number of methoxy groups -OCH3 is 1. The summed E-state index contributed by atoms with van der Waals surface area (Å²) in [5.41, 5.74) is 1.49. The molecule has 0 radical (unpaired) electrons. The van der Waals surface area contributed by atoms with Crippen LogP contribution in [0.4, 0.5) is 0 Å². The van der Waals surface area contributed by atoms with Crippen molar-refractivity contribution in [2.75, 3.05) is 7.11 Å². The fraction of sp³-hybridized carbons (Fsp3) is 0.600. The van der Waals surface area contributed by atoms with Crippen molar-refractivity contribution in [3.63, 3.8) is 0 Å². The Morgan fingerprint density at radius 3 is 2.06 bits per heavy atom. The van der Waals surface area contributed by atoms with Gasteiger partial charge in [-0.25, -0.2) is 0 Å². The summed E-state index contributed by atoms with van der Waals surface area (Å²) in [5.74, 6) is 2.68. The van der Waals surface area contributed by atoms with Gasteiger partial charge in [-0.2, -0.15) is 0 Å². The van der Waals surface area contributed by atoms with Crippen molar-refractivity contribution < 1.29 is 4.74 Å². The Morgan fingerprint density at radius 2 is 1.56 bits per heavy atom. The van der Waals surface area contributed by atoms with Crippen LogP contribution in [0.2, 0.25) is 0 Å². The summed E-state index contributed by atoms with van der Waals surface area (Å²) >= 11 is 0. The fourth-order valence-electron chi connectivity index (χ4n) is 2.47. The first-order valence-electron chi connectivity index (χ1n) is 5.93. The van der Waals surface area contributed by atoms with E-state index in [1.807, 2.05) is 0 Å². The van der Waals surface area contributed by atoms with E-state index in [1.165, 1.54) is 31.2 Å². The molecule has 1 aromatic rings. The highest BCUT2D eigenvalue weighted by molar-refractivity contribution is 5.29. The second-order valence-electron chi connectivity index (χ2n) is 4.73. The van der Waals surface area contributed by atoms with Gasteiger partial charge in [0.2, 0.25) is 0 Å². The highest BCUT2D eigenvalue weighted by Gasteiger charge is 2.19. The van der Waals surface area contributed by atoms with E-state index in [0.717, 1.165) is 17.6 Å². The highest BCUT2D eigenvalue weighted by atomic mass is 16.5. The van der Waals surface area contributed by atoms with E-state index in [9.17, 15) is 0 Å². The highest BCUT2D eigenvalue weighted by Crippen LogP contribution is 2.35. The molecule has 0 heterocycles. The van der Waals surface area contributed by atoms with Gasteiger partial charge in [0.25, 0.3) is 0 Å². The van der Waals surface area contributed by atoms with Crippen molar-refractivity contribution in [3.8, 4) is 5.75 Å². The molecule has 0 unspecified atom stereocenters. The third kappa shape index (κ3) is 3.01. The van der Waals surface area contributed by atoms with Crippen molar-refractivity contribution in [2.24, 2.45) is 5.92 Å². The molecule has 0 aliphatic heterocycles. The Labute approximate surface area is 99.8 Å². The minimum atomic E-state index is 0. The van der Waals surface area contributed by atoms with E-state index < -0.39 is 0 Å². The molecule has 1 aromatic carbocycles. The topological polar surface area (TPSA) is 9.23 Å². The quantitative estimate of drug-likeness (QED) is 0.706. The van der Waals surface area contributed by atoms with Gasteiger partial charge in [0.15, 0.2) is 0 Å². The van der Waals surface area contributed by atoms with Gasteiger partial charge in [0, 0.05) is 0 Å². The predicted octanol–water partition coefficient (Wildman–Crippen LogP) is 4.63. The number of rotatable bonds is 2. The lowest BCUT2D eigenvalue weighted by Crippen LogP contribution is -2.10. The van der Waals surface area contributed by atoms with Gasteiger partial charge in [-0.05, 0) is 42.4 Å². The van der Waals surface area contributed by atoms with Crippen LogP contribution in [-0.2, 0) is 0 Å². The SMILES string of the molecule is C.COc1ccc(C2CCC(C)CC2)cc1. The van der Waals surface area contributed by atoms with Crippen LogP contribution in [0, 0.1) is 5.92 Å². The van der Waals surface area contributed by atoms with Gasteiger partial charge in [0.1, 0.15) is 5.75 Å². The molecule has 0 N–H and O–H groups in total. The monoisotopic (exact) mass is 220 g/mol. The van der Waals surface area contributed by atoms with Crippen molar-refractivity contribution in [1.29, 1.82) is 0 Å². The zero-order valence-electron chi connectivity index (χ0n) is 9.70. The first kappa shape index (κ1) is 13.1. The summed E-state index contributed by atoms with van der Waals surface area (Å²) < 4.78 is 5.17. The Balaban J connectivity index is 0.00000128. The summed E-state index contributed by atoms with van der Waals surface area (Å²) in [6, 6.07) is 8.60. The summed E-state index contributed by atoms with van der Waals surface area (Å²) in [4.78, 5) is 0. The molecule has 0 saturated heterocycles. The second-order valence-corrected chi connectivity index (χ2v) is 4.73. The van der Waals surface area contributed by atoms with Crippen molar-refractivity contribution >= 4 is 0 Å². The molecule has 0 atom stereocenters. The maximum atomic E-state index is 5.17. The van der Waals surface area contributed by atoms with E-state index in [0.29, 0.717) is 0 Å². The molecule has 0 spiro atoms. The van der Waals surface area contributed by atoms with Gasteiger partial charge in [-0.3, -0.25) is 0 Å². The number of hydrogen-bond acceptors (Lipinski definition) is 1. The lowest BCUT2D eigenvalue weighted by molar-refractivity contribution is 0.347. The largest absolute Gasteiger partial charge is 0.497 e. The molecule has 1 fully saturated rings. The lowest BCUT2D eigenvalue weighted by atomic mass is 9.79. The molecule has 0 bridgehead atoms. The molecule has 1 heteroatoms. The summed E-state index contributed by atoms with van der Waals surface area (Å²) in [7, 11) is 1.72. The van der Waals surface area contributed by atoms with Gasteiger partial charge >= 0.3 is 0 Å². The maximum Gasteiger partial charge on any atom is 0.118 e. The third-order valence-electron chi connectivity index (χ3n) is 3.60. The minimum absolute atomic E-state index is 0. The molecule has 16 heavy (non-hydrogen) atoms. The average molecular weight is 220 g/mol. The normalized spacial score (nSPS) is 24.6. The first-order valence-corrected chi connectivity index (χ1v) is 5.93. The van der Waals surface area contributed by atoms with E-state index in [1.54, 1.807) is 7.11 Å². The van der Waals surface area contributed by atoms with Crippen LogP contribution in [0.3, 0.4) is 0 Å². The Bertz CT molecular complexity index is 294. The van der Waals surface area contributed by atoms with Crippen LogP contribution in [0.15, 0.2) is 24.3 Å². The van der Waals surface area contributed by atoms with E-state index in [2.05, 4.69) is 31.2 Å². The molecule has 90 valence electrons. The molecular weight excluding hydrogens is 196 g/mol. The Morgan fingerprint density at radius 1 is 1.00 bits per heavy atom. The van der Waals surface area contributed by atoms with Crippen molar-refractivity contribution in [3.05, 3.63) is 29.8 Å². The number of benzene rings is 1. The van der Waals surface area contributed by atoms with E-state index in [-0.39, 0.29) is 7.43 Å². The first-order chi connectivity index (χ1) is 7.29. The summed E-state index contributed by atoms with van der Waals surface area (Å²) in [5, 5.41) is 0. The third-order valence-corrected chi connectivity index (χ3v) is 3.60. The molecule has 1 nitrogen and oxygen atoms in total. The fourth-order valence-corrected chi connectivity index (χ4v) is 2.47. The summed E-state index contributed by atoms with van der Waals surface area (Å²) in [6.07, 6.45) is 5.48. The molecular formula is C15H24O. The second kappa shape index (κ2) is 5.93. The van der Waals surface area contributed by atoms with Gasteiger partial charge in [-0.15, -0.1) is 0 Å². The van der Waals surface area contributed by atoms with Crippen LogP contribution >= 0.6 is 0 Å². The van der Waals surface area contributed by atoms with Gasteiger partial charge < -0.3 is 4.74 Å². The van der Waals surface area contributed by atoms with Crippen molar-refractivity contribution in [2.45, 2.75) is 46.0 Å². The number of ether oxygens (including phenoxy) is 1. The Kier molecular flexibility index (Phi) is 4.85. The van der Waals surface area contributed by atoms with Crippen LogP contribution in [0.5, 0.6) is 5.75 Å². The van der Waals surface area contributed by atoms with Gasteiger partial charge in [0.05, 0.1) is 7.11 Å².